The summed E-state index contributed by atoms with van der Waals surface area (Å²) in [4.78, 5) is 12.4. The lowest BCUT2D eigenvalue weighted by molar-refractivity contribution is 0.316. The van der Waals surface area contributed by atoms with E-state index in [1.165, 1.54) is 23.0 Å². The summed E-state index contributed by atoms with van der Waals surface area (Å²) in [5, 5.41) is 7.16. The van der Waals surface area contributed by atoms with E-state index in [0.717, 1.165) is 5.56 Å². The maximum Gasteiger partial charge on any atom is 0.296 e. The fourth-order valence-electron chi connectivity index (χ4n) is 2.27. The summed E-state index contributed by atoms with van der Waals surface area (Å²) in [6.45, 7) is 7.84. The van der Waals surface area contributed by atoms with Crippen molar-refractivity contribution >= 4 is 27.4 Å². The lowest BCUT2D eigenvalue weighted by Crippen LogP contribution is -2.36. The molecule has 1 heterocycles. The molecule has 0 atom stereocenters. The predicted molar refractivity (Wildman–Crippen MR) is 106 cm³/mol. The SMILES string of the molecule is Cc1ccc(S(=O)(=O)OCCCNc2cnn(C(C)(C)C)c(=O)c2Cl)cc1. The quantitative estimate of drug-likeness (QED) is 0.553. The van der Waals surface area contributed by atoms with Crippen molar-refractivity contribution < 1.29 is 12.6 Å². The third-order valence-electron chi connectivity index (χ3n) is 3.74. The lowest BCUT2D eigenvalue weighted by Gasteiger charge is -2.21. The van der Waals surface area contributed by atoms with Crippen LogP contribution in [0.4, 0.5) is 5.69 Å². The van der Waals surface area contributed by atoms with E-state index in [0.29, 0.717) is 18.7 Å². The van der Waals surface area contributed by atoms with Gasteiger partial charge in [-0.15, -0.1) is 0 Å². The molecule has 0 saturated heterocycles. The zero-order valence-corrected chi connectivity index (χ0v) is 17.4. The molecule has 0 aliphatic carbocycles. The third kappa shape index (κ3) is 5.54. The Morgan fingerprint density at radius 2 is 1.85 bits per heavy atom. The molecular weight excluding hydrogens is 390 g/mol. The molecule has 0 saturated carbocycles. The van der Waals surface area contributed by atoms with Crippen molar-refractivity contribution in [3.63, 3.8) is 0 Å². The summed E-state index contributed by atoms with van der Waals surface area (Å²) in [5.41, 5.74) is 0.519. The number of aryl methyl sites for hydroxylation is 1. The van der Waals surface area contributed by atoms with E-state index in [9.17, 15) is 13.2 Å². The molecule has 0 fully saturated rings. The summed E-state index contributed by atoms with van der Waals surface area (Å²) in [6.07, 6.45) is 1.89. The molecule has 1 N–H and O–H groups in total. The van der Waals surface area contributed by atoms with Crippen LogP contribution in [0.25, 0.3) is 0 Å². The van der Waals surface area contributed by atoms with Gasteiger partial charge in [-0.25, -0.2) is 4.68 Å². The largest absolute Gasteiger partial charge is 0.382 e. The molecular formula is C18H24ClN3O4S. The number of nitrogens with one attached hydrogen (secondary N) is 1. The number of aromatic nitrogens is 2. The van der Waals surface area contributed by atoms with Crippen molar-refractivity contribution in [2.24, 2.45) is 0 Å². The smallest absolute Gasteiger partial charge is 0.296 e. The van der Waals surface area contributed by atoms with Gasteiger partial charge in [0.15, 0.2) is 0 Å². The highest BCUT2D eigenvalue weighted by atomic mass is 35.5. The van der Waals surface area contributed by atoms with Crippen LogP contribution in [0.2, 0.25) is 5.02 Å². The minimum atomic E-state index is -3.78. The van der Waals surface area contributed by atoms with Gasteiger partial charge in [0, 0.05) is 6.54 Å². The zero-order chi connectivity index (χ0) is 20.2. The molecule has 2 rings (SSSR count). The van der Waals surface area contributed by atoms with Crippen LogP contribution in [0.1, 0.15) is 32.8 Å². The standard InChI is InChI=1S/C18H24ClN3O4S/c1-13-6-8-14(9-7-13)27(24,25)26-11-5-10-20-15-12-21-22(18(2,3)4)17(23)16(15)19/h6-9,12,20H,5,10-11H2,1-4H3. The van der Waals surface area contributed by atoms with Crippen LogP contribution in [0.5, 0.6) is 0 Å². The summed E-state index contributed by atoms with van der Waals surface area (Å²) in [7, 11) is -3.78. The molecule has 9 heteroatoms. The molecule has 0 bridgehead atoms. The first-order chi connectivity index (χ1) is 12.5. The normalized spacial score (nSPS) is 12.2. The molecule has 0 radical (unpaired) electrons. The van der Waals surface area contributed by atoms with Crippen LogP contribution in [0.3, 0.4) is 0 Å². The Bertz CT molecular complexity index is 948. The van der Waals surface area contributed by atoms with Crippen LogP contribution in [0, 0.1) is 6.92 Å². The number of rotatable bonds is 7. The molecule has 0 aliphatic rings. The Kier molecular flexibility index (Phi) is 6.67. The van der Waals surface area contributed by atoms with Crippen molar-refractivity contribution in [3.05, 3.63) is 51.4 Å². The summed E-state index contributed by atoms with van der Waals surface area (Å²) in [5.74, 6) is 0. The average Bonchev–Trinajstić information content (AvgIpc) is 2.57. The number of hydrogen-bond acceptors (Lipinski definition) is 6. The van der Waals surface area contributed by atoms with Crippen LogP contribution in [-0.4, -0.2) is 31.3 Å². The van der Waals surface area contributed by atoms with Crippen LogP contribution < -0.4 is 10.9 Å². The highest BCUT2D eigenvalue weighted by molar-refractivity contribution is 7.86. The van der Waals surface area contributed by atoms with Crippen molar-refractivity contribution in [1.29, 1.82) is 0 Å². The second kappa shape index (κ2) is 8.41. The van der Waals surface area contributed by atoms with Gasteiger partial charge < -0.3 is 5.32 Å². The molecule has 27 heavy (non-hydrogen) atoms. The number of halogens is 1. The highest BCUT2D eigenvalue weighted by Gasteiger charge is 2.19. The first-order valence-electron chi connectivity index (χ1n) is 8.50. The highest BCUT2D eigenvalue weighted by Crippen LogP contribution is 2.18. The van der Waals surface area contributed by atoms with Crippen LogP contribution in [0.15, 0.2) is 40.2 Å². The minimum Gasteiger partial charge on any atom is -0.382 e. The van der Waals surface area contributed by atoms with Crippen molar-refractivity contribution in [2.75, 3.05) is 18.5 Å². The Balaban J connectivity index is 1.89. The van der Waals surface area contributed by atoms with E-state index in [-0.39, 0.29) is 22.1 Å². The van der Waals surface area contributed by atoms with Gasteiger partial charge >= 0.3 is 0 Å². The van der Waals surface area contributed by atoms with Crippen molar-refractivity contribution in [2.45, 2.75) is 44.6 Å². The molecule has 0 spiro atoms. The van der Waals surface area contributed by atoms with Crippen LogP contribution in [-0.2, 0) is 19.8 Å². The Morgan fingerprint density at radius 3 is 2.44 bits per heavy atom. The topological polar surface area (TPSA) is 90.3 Å². The maximum absolute atomic E-state index is 12.3. The molecule has 1 aromatic carbocycles. The fraction of sp³-hybridized carbons (Fsp3) is 0.444. The van der Waals surface area contributed by atoms with Gasteiger partial charge in [0.05, 0.1) is 28.9 Å². The first-order valence-corrected chi connectivity index (χ1v) is 10.3. The molecule has 0 aliphatic heterocycles. The molecule has 0 amide bonds. The van der Waals surface area contributed by atoms with Gasteiger partial charge in [-0.05, 0) is 46.2 Å². The van der Waals surface area contributed by atoms with E-state index in [4.69, 9.17) is 15.8 Å². The second-order valence-corrected chi connectivity index (χ2v) is 9.12. The van der Waals surface area contributed by atoms with Gasteiger partial charge in [0.2, 0.25) is 0 Å². The first kappa shape index (κ1) is 21.4. The maximum atomic E-state index is 12.3. The minimum absolute atomic E-state index is 0.00726. The second-order valence-electron chi connectivity index (χ2n) is 7.13. The van der Waals surface area contributed by atoms with E-state index in [2.05, 4.69) is 10.4 Å². The van der Waals surface area contributed by atoms with E-state index >= 15 is 0 Å². The Labute approximate surface area is 164 Å². The van der Waals surface area contributed by atoms with Gasteiger partial charge in [0.1, 0.15) is 5.02 Å². The third-order valence-corrected chi connectivity index (χ3v) is 5.43. The number of anilines is 1. The number of nitrogens with zero attached hydrogens (tertiary/aromatic N) is 2. The van der Waals surface area contributed by atoms with Crippen molar-refractivity contribution in [1.82, 2.24) is 9.78 Å². The average molecular weight is 414 g/mol. The summed E-state index contributed by atoms with van der Waals surface area (Å²) >= 11 is 6.12. The zero-order valence-electron chi connectivity index (χ0n) is 15.8. The summed E-state index contributed by atoms with van der Waals surface area (Å²) < 4.78 is 30.5. The van der Waals surface area contributed by atoms with E-state index in [1.54, 1.807) is 12.1 Å². The van der Waals surface area contributed by atoms with Crippen LogP contribution >= 0.6 is 11.6 Å². The number of hydrogen-bond donors (Lipinski definition) is 1. The van der Waals surface area contributed by atoms with Gasteiger partial charge in [0.25, 0.3) is 15.7 Å². The van der Waals surface area contributed by atoms with Crippen molar-refractivity contribution in [3.8, 4) is 0 Å². The summed E-state index contributed by atoms with van der Waals surface area (Å²) in [6, 6.07) is 6.45. The molecule has 7 nitrogen and oxygen atoms in total. The fourth-order valence-corrected chi connectivity index (χ4v) is 3.41. The molecule has 148 valence electrons. The lowest BCUT2D eigenvalue weighted by atomic mass is 10.1. The van der Waals surface area contributed by atoms with Gasteiger partial charge in [-0.1, -0.05) is 29.3 Å². The Morgan fingerprint density at radius 1 is 1.22 bits per heavy atom. The predicted octanol–water partition coefficient (Wildman–Crippen LogP) is 3.17. The van der Waals surface area contributed by atoms with Gasteiger partial charge in [-0.3, -0.25) is 8.98 Å². The monoisotopic (exact) mass is 413 g/mol. The number of benzene rings is 1. The Hall–Kier alpha value is -1.90. The van der Waals surface area contributed by atoms with Gasteiger partial charge in [-0.2, -0.15) is 13.5 Å². The molecule has 0 unspecified atom stereocenters. The van der Waals surface area contributed by atoms with E-state index in [1.807, 2.05) is 27.7 Å². The van der Waals surface area contributed by atoms with E-state index < -0.39 is 15.7 Å². The molecule has 2 aromatic rings. The molecule has 1 aromatic heterocycles.